The number of alkyl carbamates (subject to hydrolysis) is 2. The molecular formula is C24H42BBrF10N2O8S2U. The summed E-state index contributed by atoms with van der Waals surface area (Å²) in [5.74, 6) is -4.52. The summed E-state index contributed by atoms with van der Waals surface area (Å²) < 4.78 is 148. The van der Waals surface area contributed by atoms with E-state index in [2.05, 4.69) is 33.8 Å². The van der Waals surface area contributed by atoms with E-state index in [1.54, 1.807) is 0 Å². The van der Waals surface area contributed by atoms with Crippen LogP contribution >= 0.6 is 36.4 Å². The Labute approximate surface area is 314 Å². The maximum absolute atomic E-state index is 12.5. The Bertz CT molecular complexity index is 1170. The van der Waals surface area contributed by atoms with Gasteiger partial charge in [-0.2, -0.15) is 0 Å². The first-order valence-electron chi connectivity index (χ1n) is 13.9. The molecule has 292 valence electrons. The van der Waals surface area contributed by atoms with Gasteiger partial charge in [-0.3, -0.25) is 0 Å². The fourth-order valence-corrected chi connectivity index (χ4v) is 6.02. The van der Waals surface area contributed by atoms with Crippen molar-refractivity contribution in [1.29, 1.82) is 1.34 Å². The molecule has 0 heterocycles. The van der Waals surface area contributed by atoms with Gasteiger partial charge in [0.05, 0.1) is 24.4 Å². The fourth-order valence-electron chi connectivity index (χ4n) is 2.85. The fraction of sp³-hybridized carbons (Fsp3) is 0.750. The van der Waals surface area contributed by atoms with Crippen molar-refractivity contribution in [3.63, 3.8) is 0 Å². The van der Waals surface area contributed by atoms with E-state index >= 15 is 0 Å². The van der Waals surface area contributed by atoms with Crippen LogP contribution in [0.25, 0.3) is 0 Å². The van der Waals surface area contributed by atoms with E-state index in [9.17, 15) is 58.0 Å². The first-order valence-corrected chi connectivity index (χ1v) is 18.4. The average Bonchev–Trinajstić information content (AvgIpc) is 2.79. The van der Waals surface area contributed by atoms with Gasteiger partial charge in [0.2, 0.25) is 0 Å². The third-order valence-corrected chi connectivity index (χ3v) is 7.10. The summed E-state index contributed by atoms with van der Waals surface area (Å²) in [6.45, 7) is 11.9. The second-order valence-corrected chi connectivity index (χ2v) is 17.9. The summed E-state index contributed by atoms with van der Waals surface area (Å²) in [5.41, 5.74) is -1.83. The first kappa shape index (κ1) is 52.2. The quantitative estimate of drug-likeness (QED) is 0.0616. The van der Waals surface area contributed by atoms with Crippen LogP contribution in [0, 0.1) is 31.1 Å². The van der Waals surface area contributed by atoms with Crippen LogP contribution in [0.5, 0.6) is 0 Å². The standard InChI is InChI=1S/C12H21BrF5NO4S.C12H20F5NO4S.BH.U/c1-5-22-10(20)9(19-11(21)23-12(2,3)4)6-8(13)7-24(14,15,16,17)18;1-5-21-10(19)9(18-11(20)22-12(2,3)4)7-6-8-23(13,14,15,16)17;;/h8-9H,5-7H2,1-4H3,(H,19,21);6,8-9H,5,7H2,1-4H3,(H,18,20);1H;/b;8-6+;;/i;;1D;. The van der Waals surface area contributed by atoms with E-state index in [4.69, 9.17) is 10.8 Å². The molecule has 0 aromatic carbocycles. The number of hydrogen-bond donors (Lipinski definition) is 2. The SMILES string of the molecule is CCOC(=O)C(C/C=C/S(F)(F)(F)(F)F)NC(=O)OC(C)(C)C.CCOC(=O)C(CC(Br)CS(F)(F)(F)(F)F)NC(=O)OC(C)(C)C.[2H][B].[U]. The molecule has 0 aliphatic carbocycles. The molecule has 0 spiro atoms. The van der Waals surface area contributed by atoms with Gasteiger partial charge in [0.15, 0.2) is 0 Å². The van der Waals surface area contributed by atoms with Crippen LogP contribution < -0.4 is 10.6 Å². The van der Waals surface area contributed by atoms with E-state index in [0.717, 1.165) is 0 Å². The molecule has 0 aliphatic heterocycles. The summed E-state index contributed by atoms with van der Waals surface area (Å²) in [7, 11) is -15.6. The Kier molecular flexibility index (Phi) is 18.7. The molecule has 49 heavy (non-hydrogen) atoms. The zero-order chi connectivity index (χ0) is 40.1. The summed E-state index contributed by atoms with van der Waals surface area (Å²) >= 11 is 2.49. The zero-order valence-corrected chi connectivity index (χ0v) is 35.1. The topological polar surface area (TPSA) is 129 Å². The van der Waals surface area contributed by atoms with Crippen LogP contribution in [0.1, 0.15) is 68.2 Å². The summed E-state index contributed by atoms with van der Waals surface area (Å²) in [4.78, 5) is 44.7. The average molecular weight is 1070 g/mol. The second-order valence-electron chi connectivity index (χ2n) is 11.7. The van der Waals surface area contributed by atoms with Gasteiger partial charge >= 0.3 is 34.3 Å². The molecule has 0 fully saturated rings. The number of esters is 2. The maximum atomic E-state index is 12.5. The predicted molar refractivity (Wildman–Crippen MR) is 169 cm³/mol. The number of carbonyl (C=O) groups excluding carboxylic acids is 4. The van der Waals surface area contributed by atoms with Gasteiger partial charge in [-0.25, -0.2) is 19.2 Å². The number of rotatable bonds is 13. The van der Waals surface area contributed by atoms with E-state index in [1.165, 1.54) is 55.4 Å². The number of carbonyl (C=O) groups is 4. The van der Waals surface area contributed by atoms with Gasteiger partial charge in [-0.1, -0.05) is 60.9 Å². The first-order chi connectivity index (χ1) is 21.2. The molecule has 25 heteroatoms. The van der Waals surface area contributed by atoms with Crippen LogP contribution in [-0.4, -0.2) is 80.9 Å². The number of alkyl halides is 1. The molecule has 0 aliphatic rings. The molecule has 3 unspecified atom stereocenters. The van der Waals surface area contributed by atoms with Gasteiger partial charge in [0, 0.05) is 44.3 Å². The molecule has 2 N–H and O–H groups in total. The molecule has 0 aromatic heterocycles. The maximum Gasteiger partial charge on any atom is 0.408 e. The summed E-state index contributed by atoms with van der Waals surface area (Å²) in [6.07, 6.45) is -3.67. The van der Waals surface area contributed by atoms with Crippen molar-refractivity contribution < 1.29 is 108 Å². The van der Waals surface area contributed by atoms with Crippen molar-refractivity contribution in [3.05, 3.63) is 11.5 Å². The van der Waals surface area contributed by atoms with E-state index in [-0.39, 0.29) is 50.4 Å². The van der Waals surface area contributed by atoms with Gasteiger partial charge in [0.25, 0.3) is 10.2 Å². The number of halogens is 11. The van der Waals surface area contributed by atoms with E-state index < -0.39 is 96.7 Å². The third kappa shape index (κ3) is 36.4. The van der Waals surface area contributed by atoms with Crippen molar-refractivity contribution in [2.45, 2.75) is 96.3 Å². The van der Waals surface area contributed by atoms with Gasteiger partial charge < -0.3 is 29.6 Å². The van der Waals surface area contributed by atoms with Crippen LogP contribution in [-0.2, 0) is 28.5 Å². The number of amides is 2. The molecule has 0 bridgehead atoms. The van der Waals surface area contributed by atoms with E-state index in [0.29, 0.717) is 0 Å². The molecule has 0 aromatic rings. The number of nitrogens with one attached hydrogen (secondary N) is 2. The zero-order valence-electron chi connectivity index (χ0n) is 28.7. The Morgan fingerprint density at radius 2 is 1.10 bits per heavy atom. The van der Waals surface area contributed by atoms with Crippen molar-refractivity contribution in [1.82, 2.24) is 10.6 Å². The van der Waals surface area contributed by atoms with Crippen molar-refractivity contribution in [2.75, 3.05) is 19.0 Å². The molecule has 2 radical (unpaired) electrons. The molecule has 0 saturated heterocycles. The minimum absolute atomic E-state index is 0. The van der Waals surface area contributed by atoms with Crippen LogP contribution in [0.3, 0.4) is 0 Å². The predicted octanol–water partition coefficient (Wildman–Crippen LogP) is 8.89. The van der Waals surface area contributed by atoms with Crippen LogP contribution in [0.2, 0.25) is 0 Å². The van der Waals surface area contributed by atoms with Crippen LogP contribution in [0.4, 0.5) is 48.4 Å². The van der Waals surface area contributed by atoms with Gasteiger partial charge in [-0.05, 0) is 69.6 Å². The molecule has 2 amide bonds. The molecule has 3 atom stereocenters. The molecular weight excluding hydrogens is 1030 g/mol. The molecule has 0 rings (SSSR count). The number of ether oxygens (including phenoxy) is 4. The minimum Gasteiger partial charge on any atom is -0.464 e. The van der Waals surface area contributed by atoms with Crippen molar-refractivity contribution >= 4 is 68.9 Å². The van der Waals surface area contributed by atoms with Crippen molar-refractivity contribution in [2.24, 2.45) is 0 Å². The van der Waals surface area contributed by atoms with Gasteiger partial charge in [0.1, 0.15) is 23.3 Å². The van der Waals surface area contributed by atoms with Crippen molar-refractivity contribution in [3.8, 4) is 0 Å². The van der Waals surface area contributed by atoms with Gasteiger partial charge in [-0.15, -0.1) is 0 Å². The normalized spacial score (nSPS) is 16.9. The Morgan fingerprint density at radius 1 is 0.755 bits per heavy atom. The Morgan fingerprint density at radius 3 is 1.41 bits per heavy atom. The smallest absolute Gasteiger partial charge is 0.408 e. The summed E-state index contributed by atoms with van der Waals surface area (Å²) in [6, 6.07) is -3.15. The summed E-state index contributed by atoms with van der Waals surface area (Å²) in [5, 5.41) is 2.84. The monoisotopic (exact) mass is 1070 g/mol. The minimum atomic E-state index is -9.73. The third-order valence-electron chi connectivity index (χ3n) is 4.24. The second kappa shape index (κ2) is 17.6. The van der Waals surface area contributed by atoms with Crippen LogP contribution in [0.15, 0.2) is 11.5 Å². The largest absolute Gasteiger partial charge is 0.464 e. The number of hydrogen-bond acceptors (Lipinski definition) is 8. The molecule has 10 nitrogen and oxygen atoms in total. The molecule has 0 saturated carbocycles. The Balaban J connectivity index is -0.000000396. The van der Waals surface area contributed by atoms with E-state index in [1.807, 2.05) is 10.6 Å². The Hall–Kier alpha value is -1.18.